The van der Waals surface area contributed by atoms with Gasteiger partial charge in [0.1, 0.15) is 5.69 Å². The number of nitrogens with two attached hydrogens (primary N) is 1. The first-order chi connectivity index (χ1) is 11.0. The number of H-pyrrole nitrogens is 2. The molecule has 5 N–H and O–H groups in total. The summed E-state index contributed by atoms with van der Waals surface area (Å²) in [5, 5.41) is 16.0. The fourth-order valence-corrected chi connectivity index (χ4v) is 2.16. The van der Waals surface area contributed by atoms with E-state index in [1.165, 1.54) is 6.07 Å². The van der Waals surface area contributed by atoms with Crippen molar-refractivity contribution in [2.75, 3.05) is 5.32 Å². The van der Waals surface area contributed by atoms with E-state index < -0.39 is 11.8 Å². The molecule has 0 fully saturated rings. The molecule has 0 bridgehead atoms. The van der Waals surface area contributed by atoms with Gasteiger partial charge >= 0.3 is 0 Å². The molecule has 0 spiro atoms. The number of aromatic nitrogens is 4. The average molecular weight is 312 g/mol. The number of carbonyl (C=O) groups excluding carboxylic acids is 2. The molecule has 2 aromatic heterocycles. The van der Waals surface area contributed by atoms with Crippen molar-refractivity contribution >= 4 is 28.4 Å². The maximum atomic E-state index is 12.1. The Labute approximate surface area is 128 Å². The molecule has 0 saturated heterocycles. The van der Waals surface area contributed by atoms with Crippen molar-refractivity contribution in [2.45, 2.75) is 6.42 Å². The van der Waals surface area contributed by atoms with Gasteiger partial charge in [0.05, 0.1) is 17.5 Å². The quantitative estimate of drug-likeness (QED) is 0.532. The van der Waals surface area contributed by atoms with E-state index in [1.807, 2.05) is 0 Å². The van der Waals surface area contributed by atoms with E-state index in [0.29, 0.717) is 16.5 Å². The Morgan fingerprint density at radius 3 is 2.57 bits per heavy atom. The molecule has 0 saturated carbocycles. The molecule has 0 atom stereocenters. The Balaban J connectivity index is 1.81. The van der Waals surface area contributed by atoms with Crippen molar-refractivity contribution in [1.29, 1.82) is 0 Å². The van der Waals surface area contributed by atoms with Crippen LogP contribution in [0.4, 0.5) is 5.82 Å². The number of hydrogen-bond donors (Lipinski definition) is 4. The first kappa shape index (κ1) is 14.4. The number of nitrogens with one attached hydrogen (secondary N) is 3. The van der Waals surface area contributed by atoms with Crippen molar-refractivity contribution in [2.24, 2.45) is 5.73 Å². The Hall–Kier alpha value is -3.49. The molecule has 1 aromatic carbocycles. The second-order valence-corrected chi connectivity index (χ2v) is 4.80. The van der Waals surface area contributed by atoms with Crippen LogP contribution in [0, 0.1) is 0 Å². The van der Waals surface area contributed by atoms with E-state index in [0.717, 1.165) is 0 Å². The summed E-state index contributed by atoms with van der Waals surface area (Å²) in [5.74, 6) is -0.888. The molecular formula is C14H12N6O3. The summed E-state index contributed by atoms with van der Waals surface area (Å²) < 4.78 is 0. The molecule has 0 aliphatic rings. The van der Waals surface area contributed by atoms with E-state index >= 15 is 0 Å². The summed E-state index contributed by atoms with van der Waals surface area (Å²) >= 11 is 0. The van der Waals surface area contributed by atoms with Crippen LogP contribution >= 0.6 is 0 Å². The van der Waals surface area contributed by atoms with Crippen molar-refractivity contribution < 1.29 is 9.59 Å². The zero-order valence-corrected chi connectivity index (χ0v) is 11.8. The van der Waals surface area contributed by atoms with Crippen molar-refractivity contribution in [3.63, 3.8) is 0 Å². The van der Waals surface area contributed by atoms with Crippen LogP contribution in [-0.2, 0) is 11.2 Å². The van der Waals surface area contributed by atoms with Gasteiger partial charge in [-0.15, -0.1) is 0 Å². The monoisotopic (exact) mass is 312 g/mol. The van der Waals surface area contributed by atoms with Crippen LogP contribution in [0.5, 0.6) is 0 Å². The number of primary amides is 1. The van der Waals surface area contributed by atoms with Crippen molar-refractivity contribution in [3.8, 4) is 0 Å². The second kappa shape index (κ2) is 5.72. The third kappa shape index (κ3) is 2.93. The van der Waals surface area contributed by atoms with E-state index in [4.69, 9.17) is 5.73 Å². The smallest absolute Gasteiger partial charge is 0.272 e. The first-order valence-corrected chi connectivity index (χ1v) is 6.66. The van der Waals surface area contributed by atoms with Gasteiger partial charge in [0, 0.05) is 11.5 Å². The highest BCUT2D eigenvalue weighted by Crippen LogP contribution is 2.13. The lowest BCUT2D eigenvalue weighted by atomic mass is 10.1. The van der Waals surface area contributed by atoms with Gasteiger partial charge in [-0.2, -0.15) is 10.2 Å². The predicted octanol–water partition coefficient (Wildman–Crippen LogP) is -0.0737. The SMILES string of the molecule is NC(=O)c1cc(NC(=O)Cc2n[nH]c(=O)c3ccccc23)n[nH]1. The number of carbonyl (C=O) groups is 2. The lowest BCUT2D eigenvalue weighted by Gasteiger charge is -2.04. The zero-order chi connectivity index (χ0) is 16.4. The van der Waals surface area contributed by atoms with Gasteiger partial charge in [0.2, 0.25) is 5.91 Å². The number of amides is 2. The Bertz CT molecular complexity index is 958. The van der Waals surface area contributed by atoms with E-state index in [9.17, 15) is 14.4 Å². The third-order valence-electron chi connectivity index (χ3n) is 3.21. The summed E-state index contributed by atoms with van der Waals surface area (Å²) in [7, 11) is 0. The molecule has 0 aliphatic heterocycles. The fourth-order valence-electron chi connectivity index (χ4n) is 2.16. The van der Waals surface area contributed by atoms with Gasteiger partial charge in [0.25, 0.3) is 11.5 Å². The van der Waals surface area contributed by atoms with Crippen molar-refractivity contribution in [1.82, 2.24) is 20.4 Å². The molecule has 116 valence electrons. The van der Waals surface area contributed by atoms with Crippen LogP contribution in [0.2, 0.25) is 0 Å². The maximum absolute atomic E-state index is 12.1. The summed E-state index contributed by atoms with van der Waals surface area (Å²) in [4.78, 5) is 34.7. The zero-order valence-electron chi connectivity index (χ0n) is 11.8. The molecule has 9 heteroatoms. The Morgan fingerprint density at radius 2 is 1.87 bits per heavy atom. The number of nitrogens with zero attached hydrogens (tertiary/aromatic N) is 2. The highest BCUT2D eigenvalue weighted by Gasteiger charge is 2.13. The maximum Gasteiger partial charge on any atom is 0.272 e. The number of hydrogen-bond acceptors (Lipinski definition) is 5. The summed E-state index contributed by atoms with van der Waals surface area (Å²) in [6.45, 7) is 0. The second-order valence-electron chi connectivity index (χ2n) is 4.80. The fraction of sp³-hybridized carbons (Fsp3) is 0.0714. The van der Waals surface area contributed by atoms with Crippen LogP contribution in [-0.4, -0.2) is 32.2 Å². The molecule has 2 heterocycles. The van der Waals surface area contributed by atoms with Crippen LogP contribution in [0.15, 0.2) is 35.1 Å². The molecule has 23 heavy (non-hydrogen) atoms. The normalized spacial score (nSPS) is 10.6. The van der Waals surface area contributed by atoms with Gasteiger partial charge in [-0.3, -0.25) is 19.5 Å². The lowest BCUT2D eigenvalue weighted by Crippen LogP contribution is -2.18. The topological polar surface area (TPSA) is 147 Å². The molecule has 0 unspecified atom stereocenters. The highest BCUT2D eigenvalue weighted by molar-refractivity contribution is 5.96. The van der Waals surface area contributed by atoms with Gasteiger partial charge in [-0.25, -0.2) is 5.10 Å². The first-order valence-electron chi connectivity index (χ1n) is 6.66. The van der Waals surface area contributed by atoms with Gasteiger partial charge in [-0.05, 0) is 6.07 Å². The molecule has 0 radical (unpaired) electrons. The van der Waals surface area contributed by atoms with E-state index in [-0.39, 0.29) is 23.5 Å². The van der Waals surface area contributed by atoms with E-state index in [1.54, 1.807) is 24.3 Å². The molecule has 3 aromatic rings. The third-order valence-corrected chi connectivity index (χ3v) is 3.21. The minimum Gasteiger partial charge on any atom is -0.364 e. The number of rotatable bonds is 4. The number of anilines is 1. The summed E-state index contributed by atoms with van der Waals surface area (Å²) in [6.07, 6.45) is -0.0595. The standard InChI is InChI=1S/C14H12N6O3/c15-13(22)10-5-11(19-18-10)16-12(21)6-9-7-3-1-2-4-8(7)14(23)20-17-9/h1-5H,6H2,(H2,15,22)(H,20,23)(H2,16,18,19,21). The van der Waals surface area contributed by atoms with Crippen LogP contribution in [0.3, 0.4) is 0 Å². The van der Waals surface area contributed by atoms with Crippen LogP contribution < -0.4 is 16.6 Å². The largest absolute Gasteiger partial charge is 0.364 e. The summed E-state index contributed by atoms with van der Waals surface area (Å²) in [5.41, 5.74) is 5.30. The van der Waals surface area contributed by atoms with Crippen LogP contribution in [0.1, 0.15) is 16.2 Å². The van der Waals surface area contributed by atoms with Gasteiger partial charge in [-0.1, -0.05) is 18.2 Å². The summed E-state index contributed by atoms with van der Waals surface area (Å²) in [6, 6.07) is 8.21. The lowest BCUT2D eigenvalue weighted by molar-refractivity contribution is -0.115. The molecule has 0 aliphatic carbocycles. The highest BCUT2D eigenvalue weighted by atomic mass is 16.2. The van der Waals surface area contributed by atoms with Crippen molar-refractivity contribution in [3.05, 3.63) is 52.1 Å². The minimum absolute atomic E-state index is 0.0595. The van der Waals surface area contributed by atoms with Gasteiger partial charge < -0.3 is 11.1 Å². The van der Waals surface area contributed by atoms with E-state index in [2.05, 4.69) is 25.7 Å². The average Bonchev–Trinajstić information content (AvgIpc) is 2.99. The Kier molecular flexibility index (Phi) is 3.59. The Morgan fingerprint density at radius 1 is 1.13 bits per heavy atom. The van der Waals surface area contributed by atoms with Gasteiger partial charge in [0.15, 0.2) is 5.82 Å². The van der Waals surface area contributed by atoms with Crippen LogP contribution in [0.25, 0.3) is 10.8 Å². The predicted molar refractivity (Wildman–Crippen MR) is 81.8 cm³/mol. The number of benzene rings is 1. The molecule has 2 amide bonds. The molecule has 9 nitrogen and oxygen atoms in total. The number of aromatic amines is 2. The molecular weight excluding hydrogens is 300 g/mol. The number of fused-ring (bicyclic) bond motifs is 1. The minimum atomic E-state index is -0.675. The molecule has 3 rings (SSSR count).